The van der Waals surface area contributed by atoms with Crippen molar-refractivity contribution in [2.45, 2.75) is 5.51 Å². The number of rotatable bonds is 4. The molecule has 0 radical (unpaired) electrons. The molecule has 1 rings (SSSR count). The van der Waals surface area contributed by atoms with E-state index in [9.17, 15) is 21.6 Å². The van der Waals surface area contributed by atoms with Crippen LogP contribution in [-0.4, -0.2) is 21.0 Å². The van der Waals surface area contributed by atoms with E-state index in [-0.39, 0.29) is 15.0 Å². The molecule has 1 aromatic rings. The fourth-order valence-electron chi connectivity index (χ4n) is 1.04. The van der Waals surface area contributed by atoms with Crippen molar-refractivity contribution in [2.24, 2.45) is 5.11 Å². The van der Waals surface area contributed by atoms with Crippen LogP contribution < -0.4 is 8.92 Å². The van der Waals surface area contributed by atoms with Gasteiger partial charge in [-0.3, -0.25) is 0 Å². The number of halogens is 4. The zero-order valence-corrected chi connectivity index (χ0v) is 12.5. The van der Waals surface area contributed by atoms with Crippen LogP contribution in [0, 0.1) is 3.57 Å². The van der Waals surface area contributed by atoms with Crippen molar-refractivity contribution in [2.75, 3.05) is 7.11 Å². The Morgan fingerprint density at radius 2 is 1.90 bits per heavy atom. The Balaban J connectivity index is 3.38. The maximum Gasteiger partial charge on any atom is 0.534 e. The quantitative estimate of drug-likeness (QED) is 0.185. The van der Waals surface area contributed by atoms with E-state index in [1.807, 2.05) is 0 Å². The van der Waals surface area contributed by atoms with E-state index in [0.717, 1.165) is 6.07 Å². The molecule has 12 heteroatoms. The third kappa shape index (κ3) is 3.58. The van der Waals surface area contributed by atoms with Gasteiger partial charge in [0.1, 0.15) is 5.75 Å². The highest BCUT2D eigenvalue weighted by Gasteiger charge is 2.48. The average Bonchev–Trinajstić information content (AvgIpc) is 2.31. The lowest BCUT2D eigenvalue weighted by Crippen LogP contribution is -2.28. The van der Waals surface area contributed by atoms with Crippen LogP contribution in [0.3, 0.4) is 0 Å². The number of hydrogen-bond donors (Lipinski definition) is 0. The number of benzene rings is 1. The number of hydrogen-bond acceptors (Lipinski definition) is 5. The molecule has 0 unspecified atom stereocenters. The van der Waals surface area contributed by atoms with Gasteiger partial charge in [-0.15, -0.1) is 0 Å². The second-order valence-electron chi connectivity index (χ2n) is 3.13. The van der Waals surface area contributed by atoms with Crippen LogP contribution in [-0.2, 0) is 10.1 Å². The summed E-state index contributed by atoms with van der Waals surface area (Å²) in [5, 5.41) is 3.15. The van der Waals surface area contributed by atoms with Gasteiger partial charge in [-0.05, 0) is 40.3 Å². The molecule has 1 aromatic carbocycles. The van der Waals surface area contributed by atoms with Crippen LogP contribution in [0.25, 0.3) is 10.4 Å². The number of methoxy groups -OCH3 is 1. The first-order valence-corrected chi connectivity index (χ1v) is 7.04. The van der Waals surface area contributed by atoms with Crippen molar-refractivity contribution >= 4 is 38.4 Å². The minimum Gasteiger partial charge on any atom is -0.495 e. The molecule has 20 heavy (non-hydrogen) atoms. The molecule has 0 amide bonds. The molecule has 0 saturated heterocycles. The van der Waals surface area contributed by atoms with Gasteiger partial charge in [0.05, 0.1) is 10.7 Å². The lowest BCUT2D eigenvalue weighted by molar-refractivity contribution is -0.0500. The molecule has 0 bridgehead atoms. The fraction of sp³-hybridized carbons (Fsp3) is 0.250. The molecule has 0 aliphatic carbocycles. The third-order valence-electron chi connectivity index (χ3n) is 1.85. The molecule has 0 aliphatic heterocycles. The second-order valence-corrected chi connectivity index (χ2v) is 5.75. The third-order valence-corrected chi connectivity index (χ3v) is 3.88. The predicted octanol–water partition coefficient (Wildman–Crippen LogP) is 3.47. The van der Waals surface area contributed by atoms with E-state index < -0.39 is 21.4 Å². The van der Waals surface area contributed by atoms with Gasteiger partial charge in [-0.25, -0.2) is 0 Å². The highest BCUT2D eigenvalue weighted by atomic mass is 127. The number of ether oxygens (including phenoxy) is 1. The zero-order valence-electron chi connectivity index (χ0n) is 9.55. The van der Waals surface area contributed by atoms with Gasteiger partial charge in [0.15, 0.2) is 5.75 Å². The van der Waals surface area contributed by atoms with Gasteiger partial charge in [-0.1, -0.05) is 5.11 Å². The maximum absolute atomic E-state index is 12.3. The maximum atomic E-state index is 12.3. The molecule has 0 aromatic heterocycles. The van der Waals surface area contributed by atoms with E-state index in [1.165, 1.54) is 35.8 Å². The fourth-order valence-corrected chi connectivity index (χ4v) is 2.30. The molecule has 0 saturated carbocycles. The normalized spacial score (nSPS) is 11.7. The van der Waals surface area contributed by atoms with Gasteiger partial charge in [0, 0.05) is 10.6 Å². The predicted molar refractivity (Wildman–Crippen MR) is 70.1 cm³/mol. The van der Waals surface area contributed by atoms with Crippen molar-refractivity contribution in [3.63, 3.8) is 0 Å². The summed E-state index contributed by atoms with van der Waals surface area (Å²) in [5.74, 6) is -0.646. The highest BCUT2D eigenvalue weighted by Crippen LogP contribution is 2.38. The summed E-state index contributed by atoms with van der Waals surface area (Å²) in [6, 6.07) is 2.07. The van der Waals surface area contributed by atoms with Crippen molar-refractivity contribution in [3.8, 4) is 11.5 Å². The van der Waals surface area contributed by atoms with Crippen LogP contribution >= 0.6 is 22.6 Å². The van der Waals surface area contributed by atoms with Crippen molar-refractivity contribution in [3.05, 3.63) is 26.1 Å². The van der Waals surface area contributed by atoms with Crippen LogP contribution in [0.15, 0.2) is 17.2 Å². The zero-order chi connectivity index (χ0) is 15.6. The summed E-state index contributed by atoms with van der Waals surface area (Å²) in [4.78, 5) is 2.44. The molecule has 0 fully saturated rings. The SMILES string of the molecule is COc1cc(N=[N+]=[N-])cc(OS(=O)(=O)C(F)(F)F)c1I. The topological polar surface area (TPSA) is 101 Å². The first kappa shape index (κ1) is 16.7. The summed E-state index contributed by atoms with van der Waals surface area (Å²) in [7, 11) is -4.62. The Hall–Kier alpha value is -1.40. The Kier molecular flexibility index (Phi) is 4.94. The summed E-state index contributed by atoms with van der Waals surface area (Å²) in [5.41, 5.74) is 2.55. The number of alkyl halides is 3. The van der Waals surface area contributed by atoms with Crippen LogP contribution in [0.5, 0.6) is 11.5 Å². The largest absolute Gasteiger partial charge is 0.534 e. The van der Waals surface area contributed by atoms with Gasteiger partial charge in [0.25, 0.3) is 0 Å². The number of nitrogens with zero attached hydrogens (tertiary/aromatic N) is 3. The Morgan fingerprint density at radius 1 is 1.35 bits per heavy atom. The second kappa shape index (κ2) is 5.93. The smallest absolute Gasteiger partial charge is 0.495 e. The molecular formula is C8H5F3IN3O4S. The summed E-state index contributed by atoms with van der Waals surface area (Å²) in [6.07, 6.45) is 0. The standard InChI is InChI=1S/C8H5F3IN3O4S/c1-18-5-2-4(14-15-13)3-6(7(5)12)19-20(16,17)8(9,10)11/h2-3H,1H3. The molecule has 7 nitrogen and oxygen atoms in total. The van der Waals surface area contributed by atoms with Gasteiger partial charge in [0.2, 0.25) is 0 Å². The van der Waals surface area contributed by atoms with Crippen LogP contribution in [0.4, 0.5) is 18.9 Å². The Morgan fingerprint density at radius 3 is 2.35 bits per heavy atom. The lowest BCUT2D eigenvalue weighted by Gasteiger charge is -2.13. The molecule has 0 heterocycles. The first-order chi connectivity index (χ1) is 9.12. The first-order valence-electron chi connectivity index (χ1n) is 4.55. The molecular weight excluding hydrogens is 418 g/mol. The Bertz CT molecular complexity index is 670. The summed E-state index contributed by atoms with van der Waals surface area (Å²) >= 11 is 1.54. The lowest BCUT2D eigenvalue weighted by atomic mass is 10.3. The van der Waals surface area contributed by atoms with E-state index in [2.05, 4.69) is 14.2 Å². The highest BCUT2D eigenvalue weighted by molar-refractivity contribution is 14.1. The van der Waals surface area contributed by atoms with Gasteiger partial charge in [-0.2, -0.15) is 21.6 Å². The van der Waals surface area contributed by atoms with E-state index in [0.29, 0.717) is 0 Å². The molecule has 0 N–H and O–H groups in total. The number of azide groups is 1. The summed E-state index contributed by atoms with van der Waals surface area (Å²) in [6.45, 7) is 0. The van der Waals surface area contributed by atoms with Crippen molar-refractivity contribution < 1.29 is 30.5 Å². The Labute approximate surface area is 124 Å². The molecule has 0 spiro atoms. The minimum atomic E-state index is -5.83. The van der Waals surface area contributed by atoms with E-state index in [4.69, 9.17) is 10.3 Å². The molecule has 0 atom stereocenters. The van der Waals surface area contributed by atoms with E-state index >= 15 is 0 Å². The average molecular weight is 423 g/mol. The van der Waals surface area contributed by atoms with Gasteiger partial charge < -0.3 is 8.92 Å². The summed E-state index contributed by atoms with van der Waals surface area (Å²) < 4.78 is 67.5. The van der Waals surface area contributed by atoms with Crippen molar-refractivity contribution in [1.82, 2.24) is 0 Å². The van der Waals surface area contributed by atoms with Gasteiger partial charge >= 0.3 is 15.6 Å². The molecule has 110 valence electrons. The monoisotopic (exact) mass is 423 g/mol. The minimum absolute atomic E-state index is 0.00266. The van der Waals surface area contributed by atoms with E-state index in [1.54, 1.807) is 0 Å². The van der Waals surface area contributed by atoms with Crippen LogP contribution in [0.2, 0.25) is 0 Å². The van der Waals surface area contributed by atoms with Crippen LogP contribution in [0.1, 0.15) is 0 Å². The van der Waals surface area contributed by atoms with Crippen molar-refractivity contribution in [1.29, 1.82) is 0 Å². The molecule has 0 aliphatic rings.